The fourth-order valence-corrected chi connectivity index (χ4v) is 2.76. The summed E-state index contributed by atoms with van der Waals surface area (Å²) in [6.07, 6.45) is 5.42. The van der Waals surface area contributed by atoms with Gasteiger partial charge in [-0.2, -0.15) is 5.10 Å². The predicted octanol–water partition coefficient (Wildman–Crippen LogP) is 2.97. The highest BCUT2D eigenvalue weighted by Gasteiger charge is 2.22. The van der Waals surface area contributed by atoms with E-state index in [1.165, 1.54) is 18.4 Å². The zero-order valence-corrected chi connectivity index (χ0v) is 13.3. The number of rotatable bonds is 7. The Morgan fingerprint density at radius 1 is 1.43 bits per heavy atom. The number of benzene rings is 1. The van der Waals surface area contributed by atoms with Gasteiger partial charge in [0, 0.05) is 19.9 Å². The van der Waals surface area contributed by atoms with Crippen LogP contribution >= 0.6 is 0 Å². The average Bonchev–Trinajstić information content (AvgIpc) is 2.93. The number of hydrogen-bond acceptors (Lipinski definition) is 4. The first kappa shape index (κ1) is 15.8. The smallest absolute Gasteiger partial charge is 0.119 e. The second-order valence-corrected chi connectivity index (χ2v) is 5.71. The van der Waals surface area contributed by atoms with Crippen LogP contribution in [0.2, 0.25) is 0 Å². The third-order valence-electron chi connectivity index (χ3n) is 3.87. The molecule has 0 radical (unpaired) electrons. The number of hydrazone groups is 1. The van der Waals surface area contributed by atoms with Gasteiger partial charge in [0.2, 0.25) is 0 Å². The summed E-state index contributed by atoms with van der Waals surface area (Å²) >= 11 is 0. The standard InChI is InChI=1S/C17H26N2O2/c1-14(10-15-6-4-8-17(11-15)21-3)12-18-19-9-5-7-16(19)13-20-2/h4,6,8,11-12,14,16H,5,7,9-10,13H2,1-3H3/t14?,16-/m0/s1. The third-order valence-corrected chi connectivity index (χ3v) is 3.87. The van der Waals surface area contributed by atoms with Crippen LogP contribution in [-0.4, -0.2) is 44.6 Å². The predicted molar refractivity (Wildman–Crippen MR) is 86.0 cm³/mol. The molecule has 116 valence electrons. The van der Waals surface area contributed by atoms with E-state index in [9.17, 15) is 0 Å². The molecule has 1 heterocycles. The molecule has 1 aliphatic heterocycles. The van der Waals surface area contributed by atoms with Crippen molar-refractivity contribution in [2.75, 3.05) is 27.4 Å². The van der Waals surface area contributed by atoms with Crippen LogP contribution in [0.3, 0.4) is 0 Å². The monoisotopic (exact) mass is 290 g/mol. The highest BCUT2D eigenvalue weighted by atomic mass is 16.5. The minimum atomic E-state index is 0.404. The highest BCUT2D eigenvalue weighted by Crippen LogP contribution is 2.18. The maximum Gasteiger partial charge on any atom is 0.119 e. The Bertz CT molecular complexity index is 462. The molecule has 1 aromatic rings. The van der Waals surface area contributed by atoms with Gasteiger partial charge < -0.3 is 9.47 Å². The second kappa shape index (κ2) is 8.03. The van der Waals surface area contributed by atoms with Crippen LogP contribution in [0, 0.1) is 5.92 Å². The first-order valence-corrected chi connectivity index (χ1v) is 7.65. The summed E-state index contributed by atoms with van der Waals surface area (Å²) < 4.78 is 10.5. The van der Waals surface area contributed by atoms with Gasteiger partial charge in [0.05, 0.1) is 19.8 Å². The van der Waals surface area contributed by atoms with Gasteiger partial charge >= 0.3 is 0 Å². The summed E-state index contributed by atoms with van der Waals surface area (Å²) in [7, 11) is 3.46. The molecule has 0 saturated carbocycles. The van der Waals surface area contributed by atoms with Gasteiger partial charge in [-0.25, -0.2) is 0 Å². The lowest BCUT2D eigenvalue weighted by molar-refractivity contribution is 0.118. The molecule has 21 heavy (non-hydrogen) atoms. The van der Waals surface area contributed by atoms with Crippen LogP contribution in [0.25, 0.3) is 0 Å². The lowest BCUT2D eigenvalue weighted by atomic mass is 10.0. The van der Waals surface area contributed by atoms with Crippen LogP contribution in [0.4, 0.5) is 0 Å². The molecular formula is C17H26N2O2. The number of ether oxygens (including phenoxy) is 2. The van der Waals surface area contributed by atoms with E-state index in [0.29, 0.717) is 12.0 Å². The highest BCUT2D eigenvalue weighted by molar-refractivity contribution is 5.60. The van der Waals surface area contributed by atoms with E-state index in [4.69, 9.17) is 9.47 Å². The molecule has 2 rings (SSSR count). The van der Waals surface area contributed by atoms with E-state index in [1.54, 1.807) is 14.2 Å². The first-order valence-electron chi connectivity index (χ1n) is 7.65. The molecule has 0 N–H and O–H groups in total. The van der Waals surface area contributed by atoms with Crippen molar-refractivity contribution in [3.05, 3.63) is 29.8 Å². The van der Waals surface area contributed by atoms with E-state index < -0.39 is 0 Å². The molecular weight excluding hydrogens is 264 g/mol. The summed E-state index contributed by atoms with van der Waals surface area (Å²) in [5.41, 5.74) is 1.28. The molecule has 1 unspecified atom stereocenters. The Balaban J connectivity index is 1.88. The summed E-state index contributed by atoms with van der Waals surface area (Å²) in [5, 5.41) is 6.83. The summed E-state index contributed by atoms with van der Waals surface area (Å²) in [5.74, 6) is 1.32. The topological polar surface area (TPSA) is 34.1 Å². The molecule has 2 atom stereocenters. The van der Waals surface area contributed by atoms with Crippen molar-refractivity contribution >= 4 is 6.21 Å². The minimum absolute atomic E-state index is 0.404. The van der Waals surface area contributed by atoms with Gasteiger partial charge in [0.15, 0.2) is 0 Å². The zero-order valence-electron chi connectivity index (χ0n) is 13.3. The molecule has 0 bridgehead atoms. The first-order chi connectivity index (χ1) is 10.2. The number of methoxy groups -OCH3 is 2. The Hall–Kier alpha value is -1.55. The van der Waals surface area contributed by atoms with E-state index in [-0.39, 0.29) is 0 Å². The number of hydrogen-bond donors (Lipinski definition) is 0. The molecule has 1 saturated heterocycles. The van der Waals surface area contributed by atoms with Crippen molar-refractivity contribution in [1.82, 2.24) is 5.01 Å². The molecule has 1 aromatic carbocycles. The van der Waals surface area contributed by atoms with E-state index in [0.717, 1.165) is 25.3 Å². The molecule has 1 fully saturated rings. The maximum absolute atomic E-state index is 5.26. The van der Waals surface area contributed by atoms with E-state index in [1.807, 2.05) is 12.1 Å². The van der Waals surface area contributed by atoms with Crippen molar-refractivity contribution in [1.29, 1.82) is 0 Å². The lowest BCUT2D eigenvalue weighted by Crippen LogP contribution is -2.28. The van der Waals surface area contributed by atoms with Crippen LogP contribution in [0.5, 0.6) is 5.75 Å². The van der Waals surface area contributed by atoms with Crippen molar-refractivity contribution < 1.29 is 9.47 Å². The molecule has 0 amide bonds. The fourth-order valence-electron chi connectivity index (χ4n) is 2.76. The normalized spacial score (nSPS) is 20.1. The molecule has 0 aromatic heterocycles. The van der Waals surface area contributed by atoms with Crippen molar-refractivity contribution in [2.45, 2.75) is 32.2 Å². The van der Waals surface area contributed by atoms with E-state index in [2.05, 4.69) is 35.4 Å². The van der Waals surface area contributed by atoms with Crippen molar-refractivity contribution in [2.24, 2.45) is 11.0 Å². The van der Waals surface area contributed by atoms with Crippen molar-refractivity contribution in [3.8, 4) is 5.75 Å². The summed E-state index contributed by atoms with van der Waals surface area (Å²) in [4.78, 5) is 0. The summed E-state index contributed by atoms with van der Waals surface area (Å²) in [6, 6.07) is 8.68. The second-order valence-electron chi connectivity index (χ2n) is 5.71. The van der Waals surface area contributed by atoms with Crippen LogP contribution in [-0.2, 0) is 11.2 Å². The Morgan fingerprint density at radius 3 is 3.05 bits per heavy atom. The van der Waals surface area contributed by atoms with Crippen LogP contribution in [0.1, 0.15) is 25.3 Å². The third kappa shape index (κ3) is 4.74. The van der Waals surface area contributed by atoms with Crippen molar-refractivity contribution in [3.63, 3.8) is 0 Å². The lowest BCUT2D eigenvalue weighted by Gasteiger charge is -2.21. The van der Waals surface area contributed by atoms with Gasteiger partial charge in [-0.3, -0.25) is 5.01 Å². The number of nitrogens with zero attached hydrogens (tertiary/aromatic N) is 2. The fraction of sp³-hybridized carbons (Fsp3) is 0.588. The average molecular weight is 290 g/mol. The minimum Gasteiger partial charge on any atom is -0.497 e. The van der Waals surface area contributed by atoms with Crippen LogP contribution in [0.15, 0.2) is 29.4 Å². The van der Waals surface area contributed by atoms with Gasteiger partial charge in [-0.15, -0.1) is 0 Å². The zero-order chi connectivity index (χ0) is 15.1. The van der Waals surface area contributed by atoms with E-state index >= 15 is 0 Å². The quantitative estimate of drug-likeness (QED) is 0.724. The Morgan fingerprint density at radius 2 is 2.29 bits per heavy atom. The Labute approximate surface area is 127 Å². The Kier molecular flexibility index (Phi) is 6.05. The molecule has 4 nitrogen and oxygen atoms in total. The van der Waals surface area contributed by atoms with Gasteiger partial charge in [-0.05, 0) is 42.9 Å². The van der Waals surface area contributed by atoms with Gasteiger partial charge in [0.1, 0.15) is 5.75 Å². The van der Waals surface area contributed by atoms with Crippen LogP contribution < -0.4 is 4.74 Å². The van der Waals surface area contributed by atoms with Gasteiger partial charge in [-0.1, -0.05) is 19.1 Å². The van der Waals surface area contributed by atoms with Gasteiger partial charge in [0.25, 0.3) is 0 Å². The molecule has 1 aliphatic rings. The molecule has 0 spiro atoms. The molecule has 4 heteroatoms. The summed E-state index contributed by atoms with van der Waals surface area (Å²) in [6.45, 7) is 4.00. The SMILES string of the molecule is COC[C@@H]1CCCN1N=CC(C)Cc1cccc(OC)c1. The maximum atomic E-state index is 5.26. The largest absolute Gasteiger partial charge is 0.497 e. The molecule has 0 aliphatic carbocycles.